The molecule has 2 rings (SSSR count). The summed E-state index contributed by atoms with van der Waals surface area (Å²) in [6, 6.07) is 5.95. The van der Waals surface area contributed by atoms with Crippen LogP contribution >= 0.6 is 0 Å². The van der Waals surface area contributed by atoms with Gasteiger partial charge in [-0.1, -0.05) is 20.8 Å². The molecule has 2 aromatic rings. The zero-order chi connectivity index (χ0) is 17.2. The molecule has 0 fully saturated rings. The first-order valence-electron chi connectivity index (χ1n) is 7.52. The maximum atomic E-state index is 12.6. The van der Waals surface area contributed by atoms with Crippen LogP contribution < -0.4 is 0 Å². The van der Waals surface area contributed by atoms with Gasteiger partial charge < -0.3 is 5.11 Å². The third kappa shape index (κ3) is 3.20. The Balaban J connectivity index is 2.72. The van der Waals surface area contributed by atoms with Gasteiger partial charge in [-0.25, -0.2) is 13.2 Å². The van der Waals surface area contributed by atoms with Gasteiger partial charge in [-0.15, -0.1) is 0 Å². The average Bonchev–Trinajstić information content (AvgIpc) is 2.53. The smallest absolute Gasteiger partial charge is 0.336 e. The van der Waals surface area contributed by atoms with Crippen LogP contribution in [-0.4, -0.2) is 41.9 Å². The summed E-state index contributed by atoms with van der Waals surface area (Å²) >= 11 is 0. The van der Waals surface area contributed by atoms with Crippen LogP contribution in [0.25, 0.3) is 10.9 Å². The highest BCUT2D eigenvalue weighted by Gasteiger charge is 2.23. The van der Waals surface area contributed by atoms with Crippen LogP contribution in [0.5, 0.6) is 0 Å². The van der Waals surface area contributed by atoms with Gasteiger partial charge in [-0.3, -0.25) is 4.98 Å². The Labute approximate surface area is 135 Å². The lowest BCUT2D eigenvalue weighted by molar-refractivity contribution is 0.0698. The van der Waals surface area contributed by atoms with Crippen molar-refractivity contribution >= 4 is 26.9 Å². The Morgan fingerprint density at radius 3 is 2.35 bits per heavy atom. The van der Waals surface area contributed by atoms with Gasteiger partial charge in [0.2, 0.25) is 10.0 Å². The highest BCUT2D eigenvalue weighted by Crippen LogP contribution is 2.24. The molecule has 1 heterocycles. The van der Waals surface area contributed by atoms with Crippen molar-refractivity contribution < 1.29 is 18.3 Å². The van der Waals surface area contributed by atoms with Crippen molar-refractivity contribution in [1.29, 1.82) is 0 Å². The number of aromatic carboxylic acids is 1. The van der Waals surface area contributed by atoms with Crippen LogP contribution in [0.1, 0.15) is 36.8 Å². The first kappa shape index (κ1) is 17.4. The van der Waals surface area contributed by atoms with Crippen LogP contribution in [0.4, 0.5) is 0 Å². The van der Waals surface area contributed by atoms with Crippen molar-refractivity contribution in [2.75, 3.05) is 13.1 Å². The van der Waals surface area contributed by atoms with Crippen LogP contribution in [0, 0.1) is 0 Å². The Kier molecular flexibility index (Phi) is 5.01. The lowest BCUT2D eigenvalue weighted by Gasteiger charge is -2.18. The van der Waals surface area contributed by atoms with E-state index in [1.807, 2.05) is 6.92 Å². The molecule has 0 radical (unpaired) electrons. The minimum Gasteiger partial charge on any atom is -0.478 e. The Morgan fingerprint density at radius 1 is 1.17 bits per heavy atom. The molecule has 124 valence electrons. The molecular formula is C16H20N2O4S. The van der Waals surface area contributed by atoms with Gasteiger partial charge >= 0.3 is 5.97 Å². The fourth-order valence-corrected chi connectivity index (χ4v) is 3.98. The van der Waals surface area contributed by atoms with Crippen molar-refractivity contribution in [3.8, 4) is 0 Å². The predicted octanol–water partition coefficient (Wildman–Crippen LogP) is 2.53. The van der Waals surface area contributed by atoms with E-state index in [1.54, 1.807) is 19.9 Å². The Morgan fingerprint density at radius 2 is 1.83 bits per heavy atom. The lowest BCUT2D eigenvalue weighted by Crippen LogP contribution is -2.30. The number of carboxylic acids is 1. The Bertz CT molecular complexity index is 843. The number of benzene rings is 1. The third-order valence-electron chi connectivity index (χ3n) is 3.77. The second-order valence-corrected chi connectivity index (χ2v) is 7.03. The molecule has 0 aliphatic heterocycles. The fourth-order valence-electron chi connectivity index (χ4n) is 2.49. The van der Waals surface area contributed by atoms with Gasteiger partial charge in [0, 0.05) is 24.2 Å². The molecule has 7 heteroatoms. The van der Waals surface area contributed by atoms with Gasteiger partial charge in [-0.2, -0.15) is 4.31 Å². The summed E-state index contributed by atoms with van der Waals surface area (Å²) in [6.07, 6.45) is 0.607. The molecule has 0 atom stereocenters. The van der Waals surface area contributed by atoms with Crippen molar-refractivity contribution in [3.05, 3.63) is 35.5 Å². The second kappa shape index (κ2) is 6.64. The third-order valence-corrected chi connectivity index (χ3v) is 5.81. The van der Waals surface area contributed by atoms with E-state index >= 15 is 0 Å². The topological polar surface area (TPSA) is 87.6 Å². The number of hydrogen-bond acceptors (Lipinski definition) is 4. The molecule has 0 saturated carbocycles. The van der Waals surface area contributed by atoms with Gasteiger partial charge in [0.15, 0.2) is 0 Å². The molecule has 0 aliphatic carbocycles. The summed E-state index contributed by atoms with van der Waals surface area (Å²) < 4.78 is 26.5. The Hall–Kier alpha value is -1.99. The molecule has 6 nitrogen and oxygen atoms in total. The predicted molar refractivity (Wildman–Crippen MR) is 88.2 cm³/mol. The van der Waals surface area contributed by atoms with E-state index in [0.29, 0.717) is 36.1 Å². The summed E-state index contributed by atoms with van der Waals surface area (Å²) in [5.74, 6) is -1.09. The molecule has 0 saturated heterocycles. The number of hydrogen-bond donors (Lipinski definition) is 1. The molecule has 0 amide bonds. The van der Waals surface area contributed by atoms with E-state index in [-0.39, 0.29) is 10.5 Å². The second-order valence-electron chi connectivity index (χ2n) is 5.09. The largest absolute Gasteiger partial charge is 0.478 e. The number of rotatable bonds is 6. The van der Waals surface area contributed by atoms with E-state index < -0.39 is 16.0 Å². The van der Waals surface area contributed by atoms with E-state index in [9.17, 15) is 18.3 Å². The van der Waals surface area contributed by atoms with Gasteiger partial charge in [0.25, 0.3) is 0 Å². The standard InChI is InChI=1S/C16H20N2O4S/c1-4-11-9-14(16(19)20)13-10-12(7-8-15(13)17-11)23(21,22)18(5-2)6-3/h7-10H,4-6H2,1-3H3,(H,19,20). The highest BCUT2D eigenvalue weighted by atomic mass is 32.2. The summed E-state index contributed by atoms with van der Waals surface area (Å²) in [6.45, 7) is 6.13. The normalized spacial score (nSPS) is 12.0. The molecule has 1 N–H and O–H groups in total. The number of carboxylic acid groups (broad SMARTS) is 1. The lowest BCUT2D eigenvalue weighted by atomic mass is 10.1. The average molecular weight is 336 g/mol. The maximum absolute atomic E-state index is 12.6. The van der Waals surface area contributed by atoms with Crippen molar-refractivity contribution in [2.24, 2.45) is 0 Å². The first-order valence-corrected chi connectivity index (χ1v) is 8.96. The van der Waals surface area contributed by atoms with E-state index in [0.717, 1.165) is 0 Å². The van der Waals surface area contributed by atoms with Gasteiger partial charge in [0.1, 0.15) is 0 Å². The molecule has 1 aromatic carbocycles. The zero-order valence-electron chi connectivity index (χ0n) is 13.4. The molecule has 0 spiro atoms. The molecule has 1 aromatic heterocycles. The highest BCUT2D eigenvalue weighted by molar-refractivity contribution is 7.89. The maximum Gasteiger partial charge on any atom is 0.336 e. The van der Waals surface area contributed by atoms with Gasteiger partial charge in [-0.05, 0) is 30.7 Å². The number of aryl methyl sites for hydroxylation is 1. The molecular weight excluding hydrogens is 316 g/mol. The minimum absolute atomic E-state index is 0.0726. The van der Waals surface area contributed by atoms with Crippen LogP contribution in [-0.2, 0) is 16.4 Å². The summed E-state index contributed by atoms with van der Waals surface area (Å²) in [4.78, 5) is 16.0. The quantitative estimate of drug-likeness (QED) is 0.876. The summed E-state index contributed by atoms with van der Waals surface area (Å²) in [7, 11) is -3.64. The monoisotopic (exact) mass is 336 g/mol. The van der Waals surface area contributed by atoms with Crippen molar-refractivity contribution in [3.63, 3.8) is 0 Å². The summed E-state index contributed by atoms with van der Waals surface area (Å²) in [5.41, 5.74) is 1.22. The van der Waals surface area contributed by atoms with Crippen LogP contribution in [0.15, 0.2) is 29.2 Å². The van der Waals surface area contributed by atoms with Crippen molar-refractivity contribution in [1.82, 2.24) is 9.29 Å². The number of sulfonamides is 1. The number of carbonyl (C=O) groups is 1. The molecule has 0 bridgehead atoms. The number of nitrogens with zero attached hydrogens (tertiary/aromatic N) is 2. The number of fused-ring (bicyclic) bond motifs is 1. The molecule has 0 aliphatic rings. The fraction of sp³-hybridized carbons (Fsp3) is 0.375. The van der Waals surface area contributed by atoms with Crippen molar-refractivity contribution in [2.45, 2.75) is 32.1 Å². The van der Waals surface area contributed by atoms with Gasteiger partial charge in [0.05, 0.1) is 16.0 Å². The SMILES string of the molecule is CCc1cc(C(=O)O)c2cc(S(=O)(=O)N(CC)CC)ccc2n1. The zero-order valence-corrected chi connectivity index (χ0v) is 14.2. The van der Waals surface area contributed by atoms with Crippen LogP contribution in [0.3, 0.4) is 0 Å². The van der Waals surface area contributed by atoms with E-state index in [4.69, 9.17) is 0 Å². The van der Waals surface area contributed by atoms with E-state index in [2.05, 4.69) is 4.98 Å². The number of pyridine rings is 1. The van der Waals surface area contributed by atoms with Crippen LogP contribution in [0.2, 0.25) is 0 Å². The molecule has 0 unspecified atom stereocenters. The summed E-state index contributed by atoms with van der Waals surface area (Å²) in [5, 5.41) is 9.75. The molecule has 23 heavy (non-hydrogen) atoms. The number of aromatic nitrogens is 1. The first-order chi connectivity index (χ1) is 10.8. The van der Waals surface area contributed by atoms with E-state index in [1.165, 1.54) is 22.5 Å². The minimum atomic E-state index is -3.64.